The van der Waals surface area contributed by atoms with E-state index in [1.165, 1.54) is 5.56 Å². The molecule has 0 atom stereocenters. The van der Waals surface area contributed by atoms with Crippen LogP contribution in [-0.4, -0.2) is 28.1 Å². The molecule has 24 heavy (non-hydrogen) atoms. The van der Waals surface area contributed by atoms with E-state index in [4.69, 9.17) is 4.42 Å². The van der Waals surface area contributed by atoms with Crippen molar-refractivity contribution in [2.45, 2.75) is 13.5 Å². The second kappa shape index (κ2) is 7.12. The third kappa shape index (κ3) is 3.81. The monoisotopic (exact) mass is 433 g/mol. The minimum atomic E-state index is -0.0800. The van der Waals surface area contributed by atoms with Crippen molar-refractivity contribution in [3.8, 4) is 11.5 Å². The van der Waals surface area contributed by atoms with E-state index in [1.54, 1.807) is 18.0 Å². The Morgan fingerprint density at radius 2 is 1.92 bits per heavy atom. The predicted octanol–water partition coefficient (Wildman–Crippen LogP) is 3.92. The van der Waals surface area contributed by atoms with E-state index < -0.39 is 0 Å². The predicted molar refractivity (Wildman–Crippen MR) is 99.4 cm³/mol. The largest absolute Gasteiger partial charge is 0.419 e. The summed E-state index contributed by atoms with van der Waals surface area (Å²) in [5, 5.41) is 8.10. The van der Waals surface area contributed by atoms with Gasteiger partial charge in [0.2, 0.25) is 11.8 Å². The molecular formula is C18H16IN3O2. The highest BCUT2D eigenvalue weighted by atomic mass is 127. The van der Waals surface area contributed by atoms with Crippen LogP contribution < -0.4 is 0 Å². The van der Waals surface area contributed by atoms with Gasteiger partial charge in [-0.05, 0) is 59.8 Å². The van der Waals surface area contributed by atoms with Gasteiger partial charge in [0.1, 0.15) is 0 Å². The van der Waals surface area contributed by atoms with Crippen LogP contribution in [0.1, 0.15) is 21.8 Å². The lowest BCUT2D eigenvalue weighted by atomic mass is 10.1. The topological polar surface area (TPSA) is 59.2 Å². The second-order valence-electron chi connectivity index (χ2n) is 5.54. The van der Waals surface area contributed by atoms with Crippen LogP contribution in [0.15, 0.2) is 52.9 Å². The number of aromatic nitrogens is 2. The smallest absolute Gasteiger partial charge is 0.254 e. The minimum Gasteiger partial charge on any atom is -0.419 e. The first-order chi connectivity index (χ1) is 11.5. The molecule has 1 aromatic heterocycles. The van der Waals surface area contributed by atoms with E-state index in [1.807, 2.05) is 49.4 Å². The lowest BCUT2D eigenvalue weighted by molar-refractivity contribution is 0.0773. The number of rotatable bonds is 4. The molecule has 0 saturated heterocycles. The maximum Gasteiger partial charge on any atom is 0.254 e. The summed E-state index contributed by atoms with van der Waals surface area (Å²) < 4.78 is 6.69. The molecule has 1 heterocycles. The zero-order valence-electron chi connectivity index (χ0n) is 13.4. The molecule has 1 amide bonds. The Hall–Kier alpha value is -2.22. The van der Waals surface area contributed by atoms with Crippen molar-refractivity contribution in [1.29, 1.82) is 0 Å². The molecule has 122 valence electrons. The van der Waals surface area contributed by atoms with Gasteiger partial charge in [-0.2, -0.15) is 0 Å². The van der Waals surface area contributed by atoms with Gasteiger partial charge in [-0.1, -0.05) is 23.8 Å². The van der Waals surface area contributed by atoms with Crippen LogP contribution in [0.25, 0.3) is 11.5 Å². The quantitative estimate of drug-likeness (QED) is 0.586. The first-order valence-corrected chi connectivity index (χ1v) is 8.51. The Labute approximate surface area is 153 Å². The fraction of sp³-hybridized carbons (Fsp3) is 0.167. The second-order valence-corrected chi connectivity index (χ2v) is 6.78. The summed E-state index contributed by atoms with van der Waals surface area (Å²) in [5.74, 6) is 0.788. The van der Waals surface area contributed by atoms with Crippen LogP contribution in [0.3, 0.4) is 0 Å². The fourth-order valence-corrected chi connectivity index (χ4v) is 2.79. The maximum atomic E-state index is 12.4. The minimum absolute atomic E-state index is 0.0800. The van der Waals surface area contributed by atoms with Crippen LogP contribution in [0, 0.1) is 10.5 Å². The summed E-state index contributed by atoms with van der Waals surface area (Å²) >= 11 is 2.19. The van der Waals surface area contributed by atoms with Crippen molar-refractivity contribution < 1.29 is 9.21 Å². The number of nitrogens with zero attached hydrogens (tertiary/aromatic N) is 3. The van der Waals surface area contributed by atoms with Gasteiger partial charge in [-0.15, -0.1) is 10.2 Å². The molecule has 0 N–H and O–H groups in total. The zero-order chi connectivity index (χ0) is 17.1. The van der Waals surface area contributed by atoms with E-state index in [0.29, 0.717) is 17.3 Å². The first-order valence-electron chi connectivity index (χ1n) is 7.43. The van der Waals surface area contributed by atoms with Crippen LogP contribution in [0.5, 0.6) is 0 Å². The van der Waals surface area contributed by atoms with E-state index >= 15 is 0 Å². The molecule has 3 rings (SSSR count). The molecule has 0 aliphatic heterocycles. The van der Waals surface area contributed by atoms with Gasteiger partial charge in [-0.25, -0.2) is 0 Å². The number of aryl methyl sites for hydroxylation is 1. The Balaban J connectivity index is 1.72. The summed E-state index contributed by atoms with van der Waals surface area (Å²) in [5.41, 5.74) is 2.68. The van der Waals surface area contributed by atoms with E-state index in [9.17, 15) is 4.79 Å². The zero-order valence-corrected chi connectivity index (χ0v) is 15.5. The van der Waals surface area contributed by atoms with Crippen molar-refractivity contribution in [3.63, 3.8) is 0 Å². The molecule has 3 aromatic rings. The number of carbonyl (C=O) groups excluding carboxylic acids is 1. The summed E-state index contributed by atoms with van der Waals surface area (Å²) in [7, 11) is 1.72. The van der Waals surface area contributed by atoms with Crippen molar-refractivity contribution >= 4 is 28.5 Å². The standard InChI is InChI=1S/C18H16IN3O2/c1-12-6-8-13(9-7-12)17-21-20-16(24-17)11-22(2)18(23)14-4-3-5-15(19)10-14/h3-10H,11H2,1-2H3. The number of halogens is 1. The summed E-state index contributed by atoms with van der Waals surface area (Å²) in [4.78, 5) is 14.0. The normalized spacial score (nSPS) is 10.6. The van der Waals surface area contributed by atoms with Gasteiger partial charge in [-0.3, -0.25) is 4.79 Å². The summed E-state index contributed by atoms with van der Waals surface area (Å²) in [6, 6.07) is 15.3. The van der Waals surface area contributed by atoms with Gasteiger partial charge >= 0.3 is 0 Å². The van der Waals surface area contributed by atoms with Gasteiger partial charge in [0.05, 0.1) is 6.54 Å². The molecule has 0 spiro atoms. The third-order valence-electron chi connectivity index (χ3n) is 3.56. The lowest BCUT2D eigenvalue weighted by Crippen LogP contribution is -2.26. The van der Waals surface area contributed by atoms with Crippen molar-refractivity contribution in [2.24, 2.45) is 0 Å². The molecular weight excluding hydrogens is 417 g/mol. The lowest BCUT2D eigenvalue weighted by Gasteiger charge is -2.14. The van der Waals surface area contributed by atoms with Crippen molar-refractivity contribution in [3.05, 3.63) is 69.1 Å². The number of amides is 1. The van der Waals surface area contributed by atoms with Gasteiger partial charge in [0.15, 0.2) is 0 Å². The Morgan fingerprint density at radius 1 is 1.17 bits per heavy atom. The van der Waals surface area contributed by atoms with Gasteiger partial charge in [0, 0.05) is 21.7 Å². The molecule has 0 unspecified atom stereocenters. The van der Waals surface area contributed by atoms with Crippen LogP contribution in [0.4, 0.5) is 0 Å². The molecule has 0 aliphatic rings. The third-order valence-corrected chi connectivity index (χ3v) is 4.23. The molecule has 0 fully saturated rings. The number of benzene rings is 2. The number of carbonyl (C=O) groups is 1. The highest BCUT2D eigenvalue weighted by Gasteiger charge is 2.16. The maximum absolute atomic E-state index is 12.4. The number of hydrogen-bond donors (Lipinski definition) is 0. The average molecular weight is 433 g/mol. The SMILES string of the molecule is Cc1ccc(-c2nnc(CN(C)C(=O)c3cccc(I)c3)o2)cc1. The van der Waals surface area contributed by atoms with Gasteiger partial charge < -0.3 is 9.32 Å². The highest BCUT2D eigenvalue weighted by Crippen LogP contribution is 2.19. The molecule has 2 aromatic carbocycles. The molecule has 0 aliphatic carbocycles. The average Bonchev–Trinajstić information content (AvgIpc) is 3.03. The summed E-state index contributed by atoms with van der Waals surface area (Å²) in [6.07, 6.45) is 0. The Morgan fingerprint density at radius 3 is 2.62 bits per heavy atom. The Kier molecular flexibility index (Phi) is 4.94. The van der Waals surface area contributed by atoms with Crippen LogP contribution in [-0.2, 0) is 6.54 Å². The van der Waals surface area contributed by atoms with Crippen LogP contribution >= 0.6 is 22.6 Å². The number of hydrogen-bond acceptors (Lipinski definition) is 4. The fourth-order valence-electron chi connectivity index (χ4n) is 2.25. The van der Waals surface area contributed by atoms with E-state index in [2.05, 4.69) is 32.8 Å². The summed E-state index contributed by atoms with van der Waals surface area (Å²) in [6.45, 7) is 2.29. The molecule has 0 bridgehead atoms. The van der Waals surface area contributed by atoms with E-state index in [-0.39, 0.29) is 12.5 Å². The molecule has 6 heteroatoms. The van der Waals surface area contributed by atoms with Crippen LogP contribution in [0.2, 0.25) is 0 Å². The Bertz CT molecular complexity index is 859. The highest BCUT2D eigenvalue weighted by molar-refractivity contribution is 14.1. The van der Waals surface area contributed by atoms with Crippen molar-refractivity contribution in [1.82, 2.24) is 15.1 Å². The van der Waals surface area contributed by atoms with Crippen molar-refractivity contribution in [2.75, 3.05) is 7.05 Å². The van der Waals surface area contributed by atoms with E-state index in [0.717, 1.165) is 9.13 Å². The van der Waals surface area contributed by atoms with Gasteiger partial charge in [0.25, 0.3) is 5.91 Å². The molecule has 0 saturated carbocycles. The molecule has 0 radical (unpaired) electrons. The first kappa shape index (κ1) is 16.6. The molecule has 5 nitrogen and oxygen atoms in total.